The van der Waals surface area contributed by atoms with Gasteiger partial charge in [0.15, 0.2) is 0 Å². The number of benzene rings is 2. The van der Waals surface area contributed by atoms with E-state index in [9.17, 15) is 10.2 Å². The minimum Gasteiger partial charge on any atom is -0.390 e. The molecule has 0 aliphatic carbocycles. The van der Waals surface area contributed by atoms with Gasteiger partial charge in [0, 0.05) is 11.4 Å². The van der Waals surface area contributed by atoms with Gasteiger partial charge in [-0.2, -0.15) is 0 Å². The van der Waals surface area contributed by atoms with E-state index in [1.54, 1.807) is 0 Å². The standard InChI is InChI=1S/C17H22N2O2/c1-18-11-10-16(20)17(21)13-6-5-9-15(12-13)19-14-7-3-2-4-8-14/h2-9,12,16-21H,10-11H2,1H3. The molecule has 0 fully saturated rings. The first-order valence-corrected chi connectivity index (χ1v) is 7.13. The Labute approximate surface area is 125 Å². The Morgan fingerprint density at radius 1 is 0.952 bits per heavy atom. The highest BCUT2D eigenvalue weighted by atomic mass is 16.3. The number of aliphatic hydroxyl groups excluding tert-OH is 2. The third kappa shape index (κ3) is 4.56. The molecule has 0 heterocycles. The minimum absolute atomic E-state index is 0.508. The molecule has 0 spiro atoms. The van der Waals surface area contributed by atoms with Crippen LogP contribution in [0, 0.1) is 0 Å². The Balaban J connectivity index is 2.06. The van der Waals surface area contributed by atoms with Crippen molar-refractivity contribution in [3.05, 3.63) is 60.2 Å². The van der Waals surface area contributed by atoms with Crippen LogP contribution in [0.4, 0.5) is 11.4 Å². The summed E-state index contributed by atoms with van der Waals surface area (Å²) in [5.74, 6) is 0. The first-order chi connectivity index (χ1) is 10.2. The topological polar surface area (TPSA) is 64.5 Å². The summed E-state index contributed by atoms with van der Waals surface area (Å²) in [5.41, 5.74) is 2.58. The third-order valence-electron chi connectivity index (χ3n) is 3.35. The zero-order valence-electron chi connectivity index (χ0n) is 12.2. The smallest absolute Gasteiger partial charge is 0.105 e. The van der Waals surface area contributed by atoms with Crippen molar-refractivity contribution in [2.45, 2.75) is 18.6 Å². The van der Waals surface area contributed by atoms with E-state index in [-0.39, 0.29) is 0 Å². The van der Waals surface area contributed by atoms with Gasteiger partial charge >= 0.3 is 0 Å². The first kappa shape index (κ1) is 15.5. The van der Waals surface area contributed by atoms with Gasteiger partial charge in [0.2, 0.25) is 0 Å². The molecular weight excluding hydrogens is 264 g/mol. The van der Waals surface area contributed by atoms with Gasteiger partial charge in [0.1, 0.15) is 6.10 Å². The molecule has 0 bridgehead atoms. The fourth-order valence-electron chi connectivity index (χ4n) is 2.16. The van der Waals surface area contributed by atoms with Crippen LogP contribution in [-0.4, -0.2) is 29.9 Å². The van der Waals surface area contributed by atoms with Gasteiger partial charge in [-0.15, -0.1) is 0 Å². The Kier molecular flexibility index (Phi) is 5.75. The highest BCUT2D eigenvalue weighted by Crippen LogP contribution is 2.23. The maximum Gasteiger partial charge on any atom is 0.105 e. The molecule has 4 heteroatoms. The fraction of sp³-hybridized carbons (Fsp3) is 0.294. The molecule has 0 saturated carbocycles. The molecular formula is C17H22N2O2. The number of rotatable bonds is 7. The maximum absolute atomic E-state index is 10.2. The summed E-state index contributed by atoms with van der Waals surface area (Å²) in [7, 11) is 1.82. The van der Waals surface area contributed by atoms with Crippen LogP contribution in [-0.2, 0) is 0 Å². The molecule has 0 aliphatic rings. The Hall–Kier alpha value is -1.88. The van der Waals surface area contributed by atoms with Gasteiger partial charge in [0.05, 0.1) is 6.10 Å². The van der Waals surface area contributed by atoms with Crippen molar-refractivity contribution in [1.82, 2.24) is 5.32 Å². The maximum atomic E-state index is 10.2. The van der Waals surface area contributed by atoms with Crippen LogP contribution in [0.25, 0.3) is 0 Å². The van der Waals surface area contributed by atoms with Crippen LogP contribution in [0.1, 0.15) is 18.1 Å². The molecule has 0 aromatic heterocycles. The minimum atomic E-state index is -0.879. The lowest BCUT2D eigenvalue weighted by atomic mass is 10.0. The van der Waals surface area contributed by atoms with Gasteiger partial charge < -0.3 is 20.8 Å². The Morgan fingerprint density at radius 3 is 2.38 bits per heavy atom. The molecule has 2 aromatic rings. The summed E-state index contributed by atoms with van der Waals surface area (Å²) in [4.78, 5) is 0. The summed E-state index contributed by atoms with van der Waals surface area (Å²) >= 11 is 0. The second kappa shape index (κ2) is 7.78. The molecule has 112 valence electrons. The number of para-hydroxylation sites is 1. The molecule has 21 heavy (non-hydrogen) atoms. The molecule has 0 amide bonds. The van der Waals surface area contributed by atoms with E-state index in [1.165, 1.54) is 0 Å². The van der Waals surface area contributed by atoms with E-state index in [4.69, 9.17) is 0 Å². The van der Waals surface area contributed by atoms with Gasteiger partial charge in [-0.3, -0.25) is 0 Å². The van der Waals surface area contributed by atoms with Crippen LogP contribution in [0.2, 0.25) is 0 Å². The Bertz CT molecular complexity index is 545. The largest absolute Gasteiger partial charge is 0.390 e. The summed E-state index contributed by atoms with van der Waals surface area (Å²) in [5, 5.41) is 26.4. The van der Waals surface area contributed by atoms with E-state index in [0.717, 1.165) is 11.4 Å². The molecule has 2 atom stereocenters. The molecule has 0 saturated heterocycles. The van der Waals surface area contributed by atoms with Crippen molar-refractivity contribution in [3.63, 3.8) is 0 Å². The van der Waals surface area contributed by atoms with Crippen LogP contribution in [0.5, 0.6) is 0 Å². The lowest BCUT2D eigenvalue weighted by molar-refractivity contribution is 0.0141. The summed E-state index contributed by atoms with van der Waals surface area (Å²) < 4.78 is 0. The summed E-state index contributed by atoms with van der Waals surface area (Å²) in [6.45, 7) is 0.667. The number of hydrogen-bond donors (Lipinski definition) is 4. The first-order valence-electron chi connectivity index (χ1n) is 7.13. The summed E-state index contributed by atoms with van der Waals surface area (Å²) in [6.07, 6.45) is -1.14. The van der Waals surface area contributed by atoms with Crippen molar-refractivity contribution in [3.8, 4) is 0 Å². The van der Waals surface area contributed by atoms with Gasteiger partial charge in [-0.1, -0.05) is 30.3 Å². The van der Waals surface area contributed by atoms with E-state index in [2.05, 4.69) is 10.6 Å². The summed E-state index contributed by atoms with van der Waals surface area (Å²) in [6, 6.07) is 17.3. The highest BCUT2D eigenvalue weighted by molar-refractivity contribution is 5.60. The second-order valence-corrected chi connectivity index (χ2v) is 5.02. The lowest BCUT2D eigenvalue weighted by Crippen LogP contribution is -2.23. The van der Waals surface area contributed by atoms with Crippen molar-refractivity contribution in [1.29, 1.82) is 0 Å². The van der Waals surface area contributed by atoms with Crippen LogP contribution >= 0.6 is 0 Å². The Morgan fingerprint density at radius 2 is 1.67 bits per heavy atom. The molecule has 2 rings (SSSR count). The number of nitrogens with one attached hydrogen (secondary N) is 2. The zero-order valence-corrected chi connectivity index (χ0v) is 12.2. The third-order valence-corrected chi connectivity index (χ3v) is 3.35. The molecule has 2 aromatic carbocycles. The van der Waals surface area contributed by atoms with Crippen molar-refractivity contribution >= 4 is 11.4 Å². The average Bonchev–Trinajstić information content (AvgIpc) is 2.53. The quantitative estimate of drug-likeness (QED) is 0.631. The van der Waals surface area contributed by atoms with Crippen LogP contribution in [0.15, 0.2) is 54.6 Å². The molecule has 4 N–H and O–H groups in total. The SMILES string of the molecule is CNCCC(O)C(O)c1cccc(Nc2ccccc2)c1. The fourth-order valence-corrected chi connectivity index (χ4v) is 2.16. The zero-order chi connectivity index (χ0) is 15.1. The molecule has 2 unspecified atom stereocenters. The lowest BCUT2D eigenvalue weighted by Gasteiger charge is -2.19. The normalized spacial score (nSPS) is 13.7. The van der Waals surface area contributed by atoms with Crippen molar-refractivity contribution in [2.75, 3.05) is 18.9 Å². The average molecular weight is 286 g/mol. The van der Waals surface area contributed by atoms with E-state index >= 15 is 0 Å². The van der Waals surface area contributed by atoms with Crippen molar-refractivity contribution in [2.24, 2.45) is 0 Å². The van der Waals surface area contributed by atoms with E-state index in [1.807, 2.05) is 61.6 Å². The predicted octanol–water partition coefficient (Wildman–Crippen LogP) is 2.43. The molecule has 0 aliphatic heterocycles. The number of aliphatic hydroxyl groups is 2. The second-order valence-electron chi connectivity index (χ2n) is 5.02. The van der Waals surface area contributed by atoms with Gasteiger partial charge in [-0.05, 0) is 49.8 Å². The highest BCUT2D eigenvalue weighted by Gasteiger charge is 2.17. The van der Waals surface area contributed by atoms with Crippen LogP contribution in [0.3, 0.4) is 0 Å². The molecule has 0 radical (unpaired) electrons. The van der Waals surface area contributed by atoms with Crippen LogP contribution < -0.4 is 10.6 Å². The number of anilines is 2. The van der Waals surface area contributed by atoms with Gasteiger partial charge in [-0.25, -0.2) is 0 Å². The van der Waals surface area contributed by atoms with E-state index in [0.29, 0.717) is 18.5 Å². The van der Waals surface area contributed by atoms with Gasteiger partial charge in [0.25, 0.3) is 0 Å². The number of hydrogen-bond acceptors (Lipinski definition) is 4. The molecule has 4 nitrogen and oxygen atoms in total. The monoisotopic (exact) mass is 286 g/mol. The predicted molar refractivity (Wildman–Crippen MR) is 85.7 cm³/mol. The van der Waals surface area contributed by atoms with Crippen molar-refractivity contribution < 1.29 is 10.2 Å². The van der Waals surface area contributed by atoms with E-state index < -0.39 is 12.2 Å².